The highest BCUT2D eigenvalue weighted by Gasteiger charge is 2.39. The molecule has 0 aliphatic carbocycles. The van der Waals surface area contributed by atoms with E-state index < -0.39 is 5.60 Å². The molecular weight excluding hydrogens is 262 g/mol. The van der Waals surface area contributed by atoms with Gasteiger partial charge in [0.1, 0.15) is 0 Å². The summed E-state index contributed by atoms with van der Waals surface area (Å²) in [5, 5.41) is 14.0. The summed E-state index contributed by atoms with van der Waals surface area (Å²) >= 11 is 0. The molecule has 0 amide bonds. The summed E-state index contributed by atoms with van der Waals surface area (Å²) in [4.78, 5) is 5.64. The lowest BCUT2D eigenvalue weighted by atomic mass is 9.88. The molecule has 108 valence electrons. The molecule has 0 radical (unpaired) electrons. The average Bonchev–Trinajstić information content (AvgIpc) is 2.93. The SMILES string of the molecule is Cc1cccc(C2=NO[C@](CO)(Cc3ccccc3)C2)c1. The second-order valence-electron chi connectivity index (χ2n) is 5.68. The summed E-state index contributed by atoms with van der Waals surface area (Å²) in [5.41, 5.74) is 3.68. The highest BCUT2D eigenvalue weighted by molar-refractivity contribution is 6.01. The van der Waals surface area contributed by atoms with Crippen molar-refractivity contribution in [1.82, 2.24) is 0 Å². The van der Waals surface area contributed by atoms with Crippen LogP contribution < -0.4 is 0 Å². The van der Waals surface area contributed by atoms with Crippen LogP contribution in [0, 0.1) is 6.92 Å². The first-order chi connectivity index (χ1) is 10.2. The van der Waals surface area contributed by atoms with Crippen LogP contribution in [0.2, 0.25) is 0 Å². The number of rotatable bonds is 4. The lowest BCUT2D eigenvalue weighted by Gasteiger charge is -2.24. The third-order valence-corrected chi connectivity index (χ3v) is 3.85. The molecule has 1 atom stereocenters. The Morgan fingerprint density at radius 1 is 1.14 bits per heavy atom. The van der Waals surface area contributed by atoms with E-state index in [1.807, 2.05) is 42.5 Å². The second-order valence-corrected chi connectivity index (χ2v) is 5.68. The number of hydrogen-bond donors (Lipinski definition) is 1. The van der Waals surface area contributed by atoms with Crippen molar-refractivity contribution in [2.45, 2.75) is 25.4 Å². The molecule has 3 nitrogen and oxygen atoms in total. The topological polar surface area (TPSA) is 41.8 Å². The zero-order chi connectivity index (χ0) is 14.7. The second kappa shape index (κ2) is 5.70. The van der Waals surface area contributed by atoms with Crippen LogP contribution >= 0.6 is 0 Å². The van der Waals surface area contributed by atoms with Crippen LogP contribution in [0.3, 0.4) is 0 Å². The predicted octanol–water partition coefficient (Wildman–Crippen LogP) is 3.09. The van der Waals surface area contributed by atoms with E-state index in [0.29, 0.717) is 12.8 Å². The van der Waals surface area contributed by atoms with Crippen molar-refractivity contribution in [3.8, 4) is 0 Å². The number of aryl methyl sites for hydroxylation is 1. The maximum Gasteiger partial charge on any atom is 0.170 e. The van der Waals surface area contributed by atoms with Crippen LogP contribution in [0.25, 0.3) is 0 Å². The van der Waals surface area contributed by atoms with Crippen LogP contribution in [0.15, 0.2) is 59.8 Å². The lowest BCUT2D eigenvalue weighted by molar-refractivity contribution is -0.0563. The van der Waals surface area contributed by atoms with Crippen molar-refractivity contribution in [2.75, 3.05) is 6.61 Å². The first-order valence-corrected chi connectivity index (χ1v) is 7.18. The van der Waals surface area contributed by atoms with Crippen LogP contribution in [0.4, 0.5) is 0 Å². The van der Waals surface area contributed by atoms with Crippen molar-refractivity contribution in [2.24, 2.45) is 5.16 Å². The number of benzene rings is 2. The van der Waals surface area contributed by atoms with Gasteiger partial charge in [-0.15, -0.1) is 0 Å². The van der Waals surface area contributed by atoms with E-state index >= 15 is 0 Å². The lowest BCUT2D eigenvalue weighted by Crippen LogP contribution is -2.36. The third-order valence-electron chi connectivity index (χ3n) is 3.85. The summed E-state index contributed by atoms with van der Waals surface area (Å²) in [5.74, 6) is 0. The number of nitrogens with zero attached hydrogens (tertiary/aromatic N) is 1. The summed E-state index contributed by atoms with van der Waals surface area (Å²) in [6, 6.07) is 18.3. The fourth-order valence-electron chi connectivity index (χ4n) is 2.70. The van der Waals surface area contributed by atoms with Crippen molar-refractivity contribution >= 4 is 5.71 Å². The van der Waals surface area contributed by atoms with Gasteiger partial charge in [-0.2, -0.15) is 0 Å². The van der Waals surface area contributed by atoms with Gasteiger partial charge in [-0.05, 0) is 18.1 Å². The summed E-state index contributed by atoms with van der Waals surface area (Å²) in [6.45, 7) is 2.02. The number of hydrogen-bond acceptors (Lipinski definition) is 3. The molecule has 0 bridgehead atoms. The number of aliphatic hydroxyl groups is 1. The molecule has 0 unspecified atom stereocenters. The van der Waals surface area contributed by atoms with Gasteiger partial charge in [-0.3, -0.25) is 0 Å². The summed E-state index contributed by atoms with van der Waals surface area (Å²) in [6.07, 6.45) is 1.28. The third kappa shape index (κ3) is 2.98. The number of aliphatic hydroxyl groups excluding tert-OH is 1. The molecular formula is C18H19NO2. The highest BCUT2D eigenvalue weighted by atomic mass is 16.7. The monoisotopic (exact) mass is 281 g/mol. The first kappa shape index (κ1) is 13.8. The largest absolute Gasteiger partial charge is 0.392 e. The van der Waals surface area contributed by atoms with E-state index in [2.05, 4.69) is 24.2 Å². The predicted molar refractivity (Wildman–Crippen MR) is 83.4 cm³/mol. The molecule has 0 saturated heterocycles. The fraction of sp³-hybridized carbons (Fsp3) is 0.278. The first-order valence-electron chi connectivity index (χ1n) is 7.18. The Morgan fingerprint density at radius 3 is 2.67 bits per heavy atom. The molecule has 1 aliphatic rings. The van der Waals surface area contributed by atoms with E-state index in [9.17, 15) is 5.11 Å². The van der Waals surface area contributed by atoms with Crippen molar-refractivity contribution in [3.05, 3.63) is 71.3 Å². The fourth-order valence-corrected chi connectivity index (χ4v) is 2.70. The Kier molecular flexibility index (Phi) is 3.76. The number of oxime groups is 1. The van der Waals surface area contributed by atoms with Gasteiger partial charge in [0.25, 0.3) is 0 Å². The van der Waals surface area contributed by atoms with Crippen LogP contribution in [0.1, 0.15) is 23.1 Å². The van der Waals surface area contributed by atoms with E-state index in [0.717, 1.165) is 16.8 Å². The molecule has 21 heavy (non-hydrogen) atoms. The van der Waals surface area contributed by atoms with E-state index in [1.165, 1.54) is 5.56 Å². The maximum absolute atomic E-state index is 9.80. The zero-order valence-corrected chi connectivity index (χ0v) is 12.1. The molecule has 0 saturated carbocycles. The van der Waals surface area contributed by atoms with E-state index in [4.69, 9.17) is 4.84 Å². The van der Waals surface area contributed by atoms with Gasteiger partial charge < -0.3 is 9.94 Å². The Hall–Kier alpha value is -2.13. The average molecular weight is 281 g/mol. The maximum atomic E-state index is 9.80. The molecule has 1 N–H and O–H groups in total. The Balaban J connectivity index is 1.79. The van der Waals surface area contributed by atoms with Crippen molar-refractivity contribution in [1.29, 1.82) is 0 Å². The van der Waals surface area contributed by atoms with Gasteiger partial charge >= 0.3 is 0 Å². The molecule has 1 aliphatic heterocycles. The molecule has 2 aromatic rings. The van der Waals surface area contributed by atoms with Crippen LogP contribution in [-0.4, -0.2) is 23.0 Å². The smallest absolute Gasteiger partial charge is 0.170 e. The summed E-state index contributed by atoms with van der Waals surface area (Å²) < 4.78 is 0. The molecule has 3 rings (SSSR count). The van der Waals surface area contributed by atoms with Crippen LogP contribution in [-0.2, 0) is 11.3 Å². The zero-order valence-electron chi connectivity index (χ0n) is 12.1. The van der Waals surface area contributed by atoms with Crippen molar-refractivity contribution < 1.29 is 9.94 Å². The highest BCUT2D eigenvalue weighted by Crippen LogP contribution is 2.30. The summed E-state index contributed by atoms with van der Waals surface area (Å²) in [7, 11) is 0. The van der Waals surface area contributed by atoms with Gasteiger partial charge in [-0.1, -0.05) is 65.3 Å². The molecule has 1 heterocycles. The molecule has 0 spiro atoms. The van der Waals surface area contributed by atoms with E-state index in [1.54, 1.807) is 0 Å². The van der Waals surface area contributed by atoms with Gasteiger partial charge in [0.15, 0.2) is 5.60 Å². The molecule has 0 fully saturated rings. The Labute approximate surface area is 124 Å². The minimum Gasteiger partial charge on any atom is -0.392 e. The standard InChI is InChI=1S/C18H19NO2/c1-14-6-5-9-16(10-14)17-12-18(13-20,21-19-17)11-15-7-3-2-4-8-15/h2-10,20H,11-13H2,1H3/t18-/m1/s1. The quantitative estimate of drug-likeness (QED) is 0.935. The van der Waals surface area contributed by atoms with Crippen molar-refractivity contribution in [3.63, 3.8) is 0 Å². The van der Waals surface area contributed by atoms with E-state index in [-0.39, 0.29) is 6.61 Å². The molecule has 3 heteroatoms. The molecule has 2 aromatic carbocycles. The molecule has 0 aromatic heterocycles. The van der Waals surface area contributed by atoms with Gasteiger partial charge in [-0.25, -0.2) is 0 Å². The Morgan fingerprint density at radius 2 is 1.95 bits per heavy atom. The van der Waals surface area contributed by atoms with Gasteiger partial charge in [0.05, 0.1) is 12.3 Å². The Bertz CT molecular complexity index is 651. The van der Waals surface area contributed by atoms with Gasteiger partial charge in [0, 0.05) is 12.8 Å². The minimum absolute atomic E-state index is 0.0410. The van der Waals surface area contributed by atoms with Gasteiger partial charge in [0.2, 0.25) is 0 Å². The minimum atomic E-state index is -0.638. The van der Waals surface area contributed by atoms with Crippen LogP contribution in [0.5, 0.6) is 0 Å². The normalized spacial score (nSPS) is 21.0.